The third-order valence-corrected chi connectivity index (χ3v) is 3.21. The Morgan fingerprint density at radius 3 is 2.58 bits per heavy atom. The van der Waals surface area contributed by atoms with Crippen molar-refractivity contribution in [2.75, 3.05) is 26.8 Å². The predicted molar refractivity (Wildman–Crippen MR) is 94.5 cm³/mol. The minimum atomic E-state index is -0.262. The van der Waals surface area contributed by atoms with Gasteiger partial charge in [-0.25, -0.2) is 0 Å². The molecule has 2 amide bonds. The Balaban J connectivity index is 2.68. The number of methoxy groups -OCH3 is 1. The lowest BCUT2D eigenvalue weighted by Gasteiger charge is -2.12. The van der Waals surface area contributed by atoms with Crippen LogP contribution in [-0.2, 0) is 9.59 Å². The summed E-state index contributed by atoms with van der Waals surface area (Å²) in [6.45, 7) is 4.71. The number of ether oxygens (including phenoxy) is 2. The molecule has 0 fully saturated rings. The number of amides is 2. The summed E-state index contributed by atoms with van der Waals surface area (Å²) in [5.41, 5.74) is 0.720. The summed E-state index contributed by atoms with van der Waals surface area (Å²) >= 11 is 6.22. The highest BCUT2D eigenvalue weighted by Crippen LogP contribution is 2.36. The van der Waals surface area contributed by atoms with E-state index in [-0.39, 0.29) is 11.8 Å². The molecule has 0 aliphatic heterocycles. The summed E-state index contributed by atoms with van der Waals surface area (Å²) in [7, 11) is 1.53. The highest BCUT2D eigenvalue weighted by atomic mass is 35.5. The van der Waals surface area contributed by atoms with Crippen molar-refractivity contribution in [3.63, 3.8) is 0 Å². The van der Waals surface area contributed by atoms with E-state index >= 15 is 0 Å². The van der Waals surface area contributed by atoms with Crippen molar-refractivity contribution in [3.05, 3.63) is 28.8 Å². The van der Waals surface area contributed by atoms with E-state index in [4.69, 9.17) is 21.1 Å². The Kier molecular flexibility index (Phi) is 8.71. The van der Waals surface area contributed by atoms with Crippen molar-refractivity contribution in [2.45, 2.75) is 20.3 Å². The van der Waals surface area contributed by atoms with E-state index in [1.54, 1.807) is 18.2 Å². The number of halogens is 1. The first-order valence-electron chi connectivity index (χ1n) is 7.68. The average Bonchev–Trinajstić information content (AvgIpc) is 2.55. The zero-order valence-corrected chi connectivity index (χ0v) is 14.9. The molecule has 1 rings (SSSR count). The van der Waals surface area contributed by atoms with Crippen molar-refractivity contribution < 1.29 is 19.1 Å². The fourth-order valence-electron chi connectivity index (χ4n) is 1.84. The summed E-state index contributed by atoms with van der Waals surface area (Å²) in [6.07, 6.45) is 3.89. The van der Waals surface area contributed by atoms with Gasteiger partial charge in [0.25, 0.3) is 0 Å². The second-order valence-electron chi connectivity index (χ2n) is 4.99. The lowest BCUT2D eigenvalue weighted by atomic mass is 10.2. The standard InChI is InChI=1S/C17H23ClN2O4/c1-4-9-24-17-14(18)10-13(11-15(17)23-3)5-6-16(22)20-8-7-19-12(2)21/h5-6,10-11H,4,7-9H2,1-3H3,(H,19,21)(H,20,22). The number of hydrogen-bond acceptors (Lipinski definition) is 4. The largest absolute Gasteiger partial charge is 0.493 e. The fraction of sp³-hybridized carbons (Fsp3) is 0.412. The third-order valence-electron chi connectivity index (χ3n) is 2.93. The molecular formula is C17H23ClN2O4. The van der Waals surface area contributed by atoms with Crippen molar-refractivity contribution in [1.82, 2.24) is 10.6 Å². The van der Waals surface area contributed by atoms with Gasteiger partial charge in [0.1, 0.15) is 0 Å². The Bertz CT molecular complexity index is 602. The number of carbonyl (C=O) groups is 2. The van der Waals surface area contributed by atoms with Gasteiger partial charge < -0.3 is 20.1 Å². The molecule has 0 saturated heterocycles. The second-order valence-corrected chi connectivity index (χ2v) is 5.40. The molecule has 0 aliphatic carbocycles. The average molecular weight is 355 g/mol. The first-order valence-corrected chi connectivity index (χ1v) is 8.06. The van der Waals surface area contributed by atoms with E-state index in [2.05, 4.69) is 10.6 Å². The van der Waals surface area contributed by atoms with Gasteiger partial charge in [0, 0.05) is 26.1 Å². The quantitative estimate of drug-likeness (QED) is 0.527. The van der Waals surface area contributed by atoms with E-state index in [1.165, 1.54) is 20.1 Å². The third kappa shape index (κ3) is 6.91. The molecule has 132 valence electrons. The maximum atomic E-state index is 11.7. The van der Waals surface area contributed by atoms with E-state index in [1.807, 2.05) is 6.92 Å². The van der Waals surface area contributed by atoms with Crippen LogP contribution in [0.3, 0.4) is 0 Å². The summed E-state index contributed by atoms with van der Waals surface area (Å²) < 4.78 is 10.9. The molecule has 0 bridgehead atoms. The van der Waals surface area contributed by atoms with Gasteiger partial charge in [-0.1, -0.05) is 18.5 Å². The monoisotopic (exact) mass is 354 g/mol. The zero-order valence-electron chi connectivity index (χ0n) is 14.1. The summed E-state index contributed by atoms with van der Waals surface area (Å²) in [5.74, 6) is 0.619. The number of rotatable bonds is 9. The van der Waals surface area contributed by atoms with Crippen molar-refractivity contribution >= 4 is 29.5 Å². The van der Waals surface area contributed by atoms with Crippen LogP contribution in [0.5, 0.6) is 11.5 Å². The fourth-order valence-corrected chi connectivity index (χ4v) is 2.11. The molecule has 1 aromatic carbocycles. The van der Waals surface area contributed by atoms with Crippen LogP contribution in [0.4, 0.5) is 0 Å². The lowest BCUT2D eigenvalue weighted by Crippen LogP contribution is -2.32. The summed E-state index contributed by atoms with van der Waals surface area (Å²) in [5, 5.41) is 5.68. The van der Waals surface area contributed by atoms with E-state index in [0.717, 1.165) is 12.0 Å². The van der Waals surface area contributed by atoms with Crippen LogP contribution in [0.25, 0.3) is 6.08 Å². The van der Waals surface area contributed by atoms with Gasteiger partial charge in [0.15, 0.2) is 11.5 Å². The highest BCUT2D eigenvalue weighted by Gasteiger charge is 2.11. The molecule has 6 nitrogen and oxygen atoms in total. The SMILES string of the molecule is CCCOc1c(Cl)cc(C=CC(=O)NCCNC(C)=O)cc1OC. The molecule has 0 aromatic heterocycles. The van der Waals surface area contributed by atoms with E-state index in [9.17, 15) is 9.59 Å². The molecule has 0 unspecified atom stereocenters. The Labute approximate surface area is 147 Å². The van der Waals surface area contributed by atoms with Gasteiger partial charge in [-0.3, -0.25) is 9.59 Å². The minimum absolute atomic E-state index is 0.132. The number of nitrogens with one attached hydrogen (secondary N) is 2. The molecule has 1 aromatic rings. The summed E-state index contributed by atoms with van der Waals surface area (Å²) in [6, 6.07) is 3.45. The molecule has 0 heterocycles. The van der Waals surface area contributed by atoms with Crippen LogP contribution in [0.2, 0.25) is 5.02 Å². The molecule has 24 heavy (non-hydrogen) atoms. The number of hydrogen-bond donors (Lipinski definition) is 2. The van der Waals surface area contributed by atoms with Gasteiger partial charge in [-0.15, -0.1) is 0 Å². The molecule has 2 N–H and O–H groups in total. The van der Waals surface area contributed by atoms with Crippen LogP contribution in [0.1, 0.15) is 25.8 Å². The molecule has 0 spiro atoms. The maximum absolute atomic E-state index is 11.7. The van der Waals surface area contributed by atoms with Crippen molar-refractivity contribution in [3.8, 4) is 11.5 Å². The van der Waals surface area contributed by atoms with E-state index in [0.29, 0.717) is 36.2 Å². The molecule has 0 saturated carbocycles. The second kappa shape index (κ2) is 10.5. The molecule has 0 aliphatic rings. The Morgan fingerprint density at radius 2 is 1.96 bits per heavy atom. The first-order chi connectivity index (χ1) is 11.5. The van der Waals surface area contributed by atoms with Crippen LogP contribution >= 0.6 is 11.6 Å². The van der Waals surface area contributed by atoms with E-state index < -0.39 is 0 Å². The number of benzene rings is 1. The predicted octanol–water partition coefficient (Wildman–Crippen LogP) is 2.40. The van der Waals surface area contributed by atoms with Crippen molar-refractivity contribution in [2.24, 2.45) is 0 Å². The molecule has 0 atom stereocenters. The highest BCUT2D eigenvalue weighted by molar-refractivity contribution is 6.32. The molecule has 7 heteroatoms. The van der Waals surface area contributed by atoms with Gasteiger partial charge >= 0.3 is 0 Å². The van der Waals surface area contributed by atoms with Crippen LogP contribution in [-0.4, -0.2) is 38.6 Å². The topological polar surface area (TPSA) is 76.7 Å². The van der Waals surface area contributed by atoms with Gasteiger partial charge in [0.2, 0.25) is 11.8 Å². The summed E-state index contributed by atoms with van der Waals surface area (Å²) in [4.78, 5) is 22.4. The normalized spacial score (nSPS) is 10.5. The number of carbonyl (C=O) groups excluding carboxylic acids is 2. The molecule has 0 radical (unpaired) electrons. The zero-order chi connectivity index (χ0) is 17.9. The van der Waals surface area contributed by atoms with Crippen LogP contribution in [0.15, 0.2) is 18.2 Å². The minimum Gasteiger partial charge on any atom is -0.493 e. The van der Waals surface area contributed by atoms with Crippen LogP contribution < -0.4 is 20.1 Å². The van der Waals surface area contributed by atoms with Crippen molar-refractivity contribution in [1.29, 1.82) is 0 Å². The Morgan fingerprint density at radius 1 is 1.25 bits per heavy atom. The molecular weight excluding hydrogens is 332 g/mol. The van der Waals surface area contributed by atoms with Gasteiger partial charge in [-0.05, 0) is 30.2 Å². The first kappa shape index (κ1) is 19.8. The smallest absolute Gasteiger partial charge is 0.244 e. The van der Waals surface area contributed by atoms with Crippen LogP contribution in [0, 0.1) is 0 Å². The maximum Gasteiger partial charge on any atom is 0.244 e. The Hall–Kier alpha value is -2.21. The van der Waals surface area contributed by atoms with Gasteiger partial charge in [-0.2, -0.15) is 0 Å². The lowest BCUT2D eigenvalue weighted by molar-refractivity contribution is -0.119. The van der Waals surface area contributed by atoms with Gasteiger partial charge in [0.05, 0.1) is 18.7 Å².